The second kappa shape index (κ2) is 8.32. The Balaban J connectivity index is 1.23. The maximum absolute atomic E-state index is 14.3. The molecule has 156 valence electrons. The average Bonchev–Trinajstić information content (AvgIpc) is 3.14. The smallest absolute Gasteiger partial charge is 0.132 e. The van der Waals surface area contributed by atoms with Crippen molar-refractivity contribution in [2.24, 2.45) is 7.05 Å². The second-order valence-electron chi connectivity index (χ2n) is 8.65. The van der Waals surface area contributed by atoms with Crippen molar-refractivity contribution in [3.8, 4) is 11.3 Å². The molecule has 5 rings (SSSR count). The van der Waals surface area contributed by atoms with Gasteiger partial charge in [0.15, 0.2) is 0 Å². The van der Waals surface area contributed by atoms with E-state index in [0.29, 0.717) is 11.6 Å². The zero-order valence-corrected chi connectivity index (χ0v) is 17.6. The number of rotatable bonds is 4. The second-order valence-corrected chi connectivity index (χ2v) is 8.65. The highest BCUT2D eigenvalue weighted by Crippen LogP contribution is 2.28. The average molecular weight is 405 g/mol. The fourth-order valence-electron chi connectivity index (χ4n) is 5.05. The molecule has 2 aliphatic heterocycles. The Morgan fingerprint density at radius 3 is 2.50 bits per heavy atom. The number of hydrogen-bond acceptors (Lipinski definition) is 3. The minimum Gasteiger partial charge on any atom is -0.299 e. The standard InChI is InChI=1S/C25H29FN4/c1-28-16-21(25(27-28)23-8-4-5-9-24(23)26)17-29-13-11-22(12-14-29)30-15-10-19-6-2-3-7-20(19)18-30/h2-9,16,22H,10-15,17-18H2,1H3. The van der Waals surface area contributed by atoms with Crippen LogP contribution in [0.5, 0.6) is 0 Å². The number of benzene rings is 2. The number of aryl methyl sites for hydroxylation is 1. The number of hydrogen-bond donors (Lipinski definition) is 0. The molecule has 2 aromatic carbocycles. The highest BCUT2D eigenvalue weighted by atomic mass is 19.1. The topological polar surface area (TPSA) is 24.3 Å². The zero-order valence-electron chi connectivity index (χ0n) is 17.6. The lowest BCUT2D eigenvalue weighted by molar-refractivity contribution is 0.0949. The Morgan fingerprint density at radius 1 is 0.967 bits per heavy atom. The fourth-order valence-corrected chi connectivity index (χ4v) is 5.05. The van der Waals surface area contributed by atoms with E-state index in [9.17, 15) is 4.39 Å². The van der Waals surface area contributed by atoms with Crippen LogP contribution >= 0.6 is 0 Å². The lowest BCUT2D eigenvalue weighted by Crippen LogP contribution is -2.46. The van der Waals surface area contributed by atoms with Gasteiger partial charge in [-0.05, 0) is 55.6 Å². The van der Waals surface area contributed by atoms with E-state index in [0.717, 1.165) is 43.9 Å². The van der Waals surface area contributed by atoms with Crippen molar-refractivity contribution in [1.29, 1.82) is 0 Å². The fraction of sp³-hybridized carbons (Fsp3) is 0.400. The molecule has 5 heteroatoms. The van der Waals surface area contributed by atoms with Crippen molar-refractivity contribution < 1.29 is 4.39 Å². The summed E-state index contributed by atoms with van der Waals surface area (Å²) >= 11 is 0. The first-order chi connectivity index (χ1) is 14.7. The Morgan fingerprint density at radius 2 is 1.70 bits per heavy atom. The zero-order chi connectivity index (χ0) is 20.5. The summed E-state index contributed by atoms with van der Waals surface area (Å²) in [6.45, 7) is 5.23. The minimum absolute atomic E-state index is 0.207. The number of fused-ring (bicyclic) bond motifs is 1. The molecule has 3 aromatic rings. The van der Waals surface area contributed by atoms with Gasteiger partial charge in [-0.2, -0.15) is 5.10 Å². The molecule has 0 atom stereocenters. The van der Waals surface area contributed by atoms with Crippen LogP contribution in [0.2, 0.25) is 0 Å². The number of nitrogens with zero attached hydrogens (tertiary/aromatic N) is 4. The normalized spacial score (nSPS) is 18.5. The van der Waals surface area contributed by atoms with Gasteiger partial charge in [0.25, 0.3) is 0 Å². The van der Waals surface area contributed by atoms with Crippen molar-refractivity contribution in [2.45, 2.75) is 38.4 Å². The molecule has 30 heavy (non-hydrogen) atoms. The summed E-state index contributed by atoms with van der Waals surface area (Å²) in [5.74, 6) is -0.207. The Bertz CT molecular complexity index is 1020. The summed E-state index contributed by atoms with van der Waals surface area (Å²) in [7, 11) is 1.91. The Kier molecular flexibility index (Phi) is 5.40. The largest absolute Gasteiger partial charge is 0.299 e. The Hall–Kier alpha value is -2.50. The van der Waals surface area contributed by atoms with Gasteiger partial charge in [0.2, 0.25) is 0 Å². The molecule has 0 radical (unpaired) electrons. The maximum Gasteiger partial charge on any atom is 0.132 e. The van der Waals surface area contributed by atoms with Crippen molar-refractivity contribution in [2.75, 3.05) is 19.6 Å². The first-order valence-corrected chi connectivity index (χ1v) is 11.0. The predicted molar refractivity (Wildman–Crippen MR) is 117 cm³/mol. The third kappa shape index (κ3) is 3.92. The van der Waals surface area contributed by atoms with E-state index in [-0.39, 0.29) is 5.82 Å². The highest BCUT2D eigenvalue weighted by Gasteiger charge is 2.28. The van der Waals surface area contributed by atoms with E-state index in [1.807, 2.05) is 25.4 Å². The van der Waals surface area contributed by atoms with Crippen LogP contribution in [0.25, 0.3) is 11.3 Å². The molecule has 0 bridgehead atoms. The van der Waals surface area contributed by atoms with Gasteiger partial charge in [-0.3, -0.25) is 14.5 Å². The van der Waals surface area contributed by atoms with Crippen molar-refractivity contribution in [3.63, 3.8) is 0 Å². The van der Waals surface area contributed by atoms with Gasteiger partial charge in [0.05, 0.1) is 5.69 Å². The summed E-state index contributed by atoms with van der Waals surface area (Å²) in [4.78, 5) is 5.17. The molecule has 2 aliphatic rings. The summed E-state index contributed by atoms with van der Waals surface area (Å²) in [5.41, 5.74) is 5.48. The molecule has 0 amide bonds. The third-order valence-corrected chi connectivity index (χ3v) is 6.66. The van der Waals surface area contributed by atoms with Crippen LogP contribution in [0, 0.1) is 5.82 Å². The molecule has 1 saturated heterocycles. The molecule has 0 saturated carbocycles. The van der Waals surface area contributed by atoms with Crippen LogP contribution in [-0.2, 0) is 26.6 Å². The molecular formula is C25H29FN4. The van der Waals surface area contributed by atoms with E-state index >= 15 is 0 Å². The molecule has 0 spiro atoms. The molecule has 1 aromatic heterocycles. The maximum atomic E-state index is 14.3. The van der Waals surface area contributed by atoms with Gasteiger partial charge >= 0.3 is 0 Å². The summed E-state index contributed by atoms with van der Waals surface area (Å²) in [6, 6.07) is 16.5. The third-order valence-electron chi connectivity index (χ3n) is 6.66. The van der Waals surface area contributed by atoms with Crippen LogP contribution in [0.1, 0.15) is 29.5 Å². The number of likely N-dealkylation sites (tertiary alicyclic amines) is 1. The molecule has 0 aliphatic carbocycles. The number of piperidine rings is 1. The summed E-state index contributed by atoms with van der Waals surface area (Å²) in [6.07, 6.45) is 5.59. The van der Waals surface area contributed by atoms with Crippen LogP contribution in [0.4, 0.5) is 4.39 Å². The van der Waals surface area contributed by atoms with Crippen molar-refractivity contribution in [3.05, 3.63) is 77.2 Å². The van der Waals surface area contributed by atoms with Gasteiger partial charge in [0, 0.05) is 50.0 Å². The lowest BCUT2D eigenvalue weighted by atomic mass is 9.95. The van der Waals surface area contributed by atoms with E-state index in [4.69, 9.17) is 0 Å². The number of halogens is 1. The number of aromatic nitrogens is 2. The summed E-state index contributed by atoms with van der Waals surface area (Å²) < 4.78 is 16.1. The first kappa shape index (κ1) is 19.5. The van der Waals surface area contributed by atoms with Crippen LogP contribution < -0.4 is 0 Å². The van der Waals surface area contributed by atoms with E-state index in [1.54, 1.807) is 10.7 Å². The van der Waals surface area contributed by atoms with Gasteiger partial charge < -0.3 is 0 Å². The lowest BCUT2D eigenvalue weighted by Gasteiger charge is -2.40. The van der Waals surface area contributed by atoms with E-state index in [1.165, 1.54) is 36.6 Å². The quantitative estimate of drug-likeness (QED) is 0.650. The molecule has 3 heterocycles. The predicted octanol–water partition coefficient (Wildman–Crippen LogP) is 4.25. The molecule has 4 nitrogen and oxygen atoms in total. The van der Waals surface area contributed by atoms with Crippen LogP contribution in [-0.4, -0.2) is 45.3 Å². The highest BCUT2D eigenvalue weighted by molar-refractivity contribution is 5.63. The first-order valence-electron chi connectivity index (χ1n) is 11.0. The minimum atomic E-state index is -0.207. The van der Waals surface area contributed by atoms with Gasteiger partial charge in [-0.1, -0.05) is 36.4 Å². The molecular weight excluding hydrogens is 375 g/mol. The molecule has 1 fully saturated rings. The van der Waals surface area contributed by atoms with Crippen LogP contribution in [0.3, 0.4) is 0 Å². The monoisotopic (exact) mass is 404 g/mol. The summed E-state index contributed by atoms with van der Waals surface area (Å²) in [5, 5.41) is 4.56. The van der Waals surface area contributed by atoms with E-state index in [2.05, 4.69) is 39.2 Å². The Labute approximate surface area is 177 Å². The van der Waals surface area contributed by atoms with Crippen LogP contribution in [0.15, 0.2) is 54.7 Å². The van der Waals surface area contributed by atoms with E-state index < -0.39 is 0 Å². The molecule has 0 unspecified atom stereocenters. The van der Waals surface area contributed by atoms with Gasteiger partial charge in [-0.25, -0.2) is 4.39 Å². The van der Waals surface area contributed by atoms with Crippen molar-refractivity contribution in [1.82, 2.24) is 19.6 Å². The molecule has 0 N–H and O–H groups in total. The SMILES string of the molecule is Cn1cc(CN2CCC(N3CCc4ccccc4C3)CC2)c(-c2ccccc2F)n1. The van der Waals surface area contributed by atoms with Crippen molar-refractivity contribution >= 4 is 0 Å². The van der Waals surface area contributed by atoms with Gasteiger partial charge in [0.1, 0.15) is 5.82 Å². The van der Waals surface area contributed by atoms with Gasteiger partial charge in [-0.15, -0.1) is 0 Å².